The number of carbonyl (C=O) groups excluding carboxylic acids is 1. The van der Waals surface area contributed by atoms with E-state index in [-0.39, 0.29) is 0 Å². The van der Waals surface area contributed by atoms with Gasteiger partial charge >= 0.3 is 0 Å². The van der Waals surface area contributed by atoms with Crippen molar-refractivity contribution in [3.8, 4) is 5.13 Å². The molecule has 0 N–H and O–H groups in total. The summed E-state index contributed by atoms with van der Waals surface area (Å²) in [4.78, 5) is 15.6. The fourth-order valence-corrected chi connectivity index (χ4v) is 4.05. The maximum absolute atomic E-state index is 11.3. The number of carbonyl (C=O) groups is 1. The first-order valence-corrected chi connectivity index (χ1v) is 9.02. The second kappa shape index (κ2) is 7.13. The molecule has 1 saturated carbocycles. The maximum Gasteiger partial charge on any atom is 0.211 e. The predicted molar refractivity (Wildman–Crippen MR) is 86.6 cm³/mol. The summed E-state index contributed by atoms with van der Waals surface area (Å²) in [6.45, 7) is 2.25. The van der Waals surface area contributed by atoms with Crippen molar-refractivity contribution in [2.75, 3.05) is 0 Å². The molecule has 0 radical (unpaired) electrons. The van der Waals surface area contributed by atoms with Gasteiger partial charge in [0.15, 0.2) is 6.29 Å². The van der Waals surface area contributed by atoms with Crippen molar-refractivity contribution in [1.82, 2.24) is 20.0 Å². The van der Waals surface area contributed by atoms with Gasteiger partial charge in [-0.25, -0.2) is 4.98 Å². The van der Waals surface area contributed by atoms with Gasteiger partial charge in [0.1, 0.15) is 5.69 Å². The zero-order valence-electron chi connectivity index (χ0n) is 12.9. The summed E-state index contributed by atoms with van der Waals surface area (Å²) >= 11 is 1.52. The Bertz CT molecular complexity index is 600. The van der Waals surface area contributed by atoms with Gasteiger partial charge in [-0.2, -0.15) is 4.68 Å². The third-order valence-corrected chi connectivity index (χ3v) is 5.39. The van der Waals surface area contributed by atoms with E-state index in [9.17, 15) is 4.79 Å². The molecule has 0 amide bonds. The van der Waals surface area contributed by atoms with E-state index >= 15 is 0 Å². The lowest BCUT2D eigenvalue weighted by atomic mass is 9.78. The van der Waals surface area contributed by atoms with Crippen LogP contribution in [-0.2, 0) is 0 Å². The van der Waals surface area contributed by atoms with Gasteiger partial charge in [-0.05, 0) is 31.6 Å². The third kappa shape index (κ3) is 3.11. The summed E-state index contributed by atoms with van der Waals surface area (Å²) in [7, 11) is 0. The minimum Gasteiger partial charge on any atom is -0.296 e. The number of thiazole rings is 1. The van der Waals surface area contributed by atoms with Crippen LogP contribution >= 0.6 is 11.3 Å². The van der Waals surface area contributed by atoms with E-state index < -0.39 is 0 Å². The van der Waals surface area contributed by atoms with E-state index in [2.05, 4.69) is 22.2 Å². The Morgan fingerprint density at radius 1 is 1.36 bits per heavy atom. The van der Waals surface area contributed by atoms with E-state index in [0.717, 1.165) is 35.9 Å². The number of nitrogens with zero attached hydrogens (tertiary/aromatic N) is 4. The maximum atomic E-state index is 11.3. The molecule has 0 unspecified atom stereocenters. The summed E-state index contributed by atoms with van der Waals surface area (Å²) < 4.78 is 1.77. The van der Waals surface area contributed by atoms with Crippen molar-refractivity contribution in [3.05, 3.63) is 23.0 Å². The summed E-state index contributed by atoms with van der Waals surface area (Å²) in [6.07, 6.45) is 11.3. The SMILES string of the molecule is CCCCC1CCC(c2c(C=O)nnn2-c2nccs2)CC1. The predicted octanol–water partition coefficient (Wildman–Crippen LogP) is 4.00. The molecule has 0 spiro atoms. The van der Waals surface area contributed by atoms with Crippen LogP contribution in [0.25, 0.3) is 5.13 Å². The molecule has 2 heterocycles. The highest BCUT2D eigenvalue weighted by Crippen LogP contribution is 2.39. The van der Waals surface area contributed by atoms with Crippen molar-refractivity contribution in [2.45, 2.75) is 57.8 Å². The normalized spacial score (nSPS) is 21.9. The van der Waals surface area contributed by atoms with E-state index in [1.54, 1.807) is 10.9 Å². The van der Waals surface area contributed by atoms with E-state index in [4.69, 9.17) is 0 Å². The summed E-state index contributed by atoms with van der Waals surface area (Å²) in [5.74, 6) is 1.22. The van der Waals surface area contributed by atoms with Gasteiger partial charge in [0, 0.05) is 17.5 Å². The first-order valence-electron chi connectivity index (χ1n) is 8.14. The molecule has 2 aromatic rings. The second-order valence-electron chi connectivity index (χ2n) is 6.06. The molecule has 0 atom stereocenters. The first-order chi connectivity index (χ1) is 10.8. The van der Waals surface area contributed by atoms with Crippen molar-refractivity contribution >= 4 is 17.6 Å². The molecule has 22 heavy (non-hydrogen) atoms. The van der Waals surface area contributed by atoms with Crippen LogP contribution in [0, 0.1) is 5.92 Å². The topological polar surface area (TPSA) is 60.7 Å². The summed E-state index contributed by atoms with van der Waals surface area (Å²) in [6, 6.07) is 0. The highest BCUT2D eigenvalue weighted by Gasteiger charge is 2.28. The molecule has 5 nitrogen and oxygen atoms in total. The molecule has 0 bridgehead atoms. The first kappa shape index (κ1) is 15.3. The van der Waals surface area contributed by atoms with Crippen LogP contribution in [0.5, 0.6) is 0 Å². The molecule has 3 rings (SSSR count). The Labute approximate surface area is 134 Å². The van der Waals surface area contributed by atoms with E-state index in [1.807, 2.05) is 5.38 Å². The quantitative estimate of drug-likeness (QED) is 0.755. The van der Waals surface area contributed by atoms with Crippen LogP contribution in [0.3, 0.4) is 0 Å². The van der Waals surface area contributed by atoms with Gasteiger partial charge in [-0.3, -0.25) is 4.79 Å². The van der Waals surface area contributed by atoms with Gasteiger partial charge in [-0.1, -0.05) is 31.4 Å². The molecule has 0 aliphatic heterocycles. The number of aromatic nitrogens is 4. The Hall–Kier alpha value is -1.56. The molecule has 6 heteroatoms. The molecule has 0 aromatic carbocycles. The van der Waals surface area contributed by atoms with Gasteiger partial charge in [-0.15, -0.1) is 16.4 Å². The van der Waals surface area contributed by atoms with Gasteiger partial charge in [0.2, 0.25) is 5.13 Å². The minimum atomic E-state index is 0.372. The van der Waals surface area contributed by atoms with Crippen molar-refractivity contribution in [2.24, 2.45) is 5.92 Å². The number of hydrogen-bond acceptors (Lipinski definition) is 5. The monoisotopic (exact) mass is 318 g/mol. The molecule has 0 saturated heterocycles. The lowest BCUT2D eigenvalue weighted by Crippen LogP contribution is -2.17. The average Bonchev–Trinajstić information content (AvgIpc) is 3.22. The minimum absolute atomic E-state index is 0.372. The largest absolute Gasteiger partial charge is 0.296 e. The Balaban J connectivity index is 1.77. The fraction of sp³-hybridized carbons (Fsp3) is 0.625. The van der Waals surface area contributed by atoms with E-state index in [1.165, 1.54) is 43.4 Å². The number of rotatable bonds is 6. The number of aldehydes is 1. The molecular formula is C16H22N4OS. The van der Waals surface area contributed by atoms with E-state index in [0.29, 0.717) is 11.6 Å². The molecular weight excluding hydrogens is 296 g/mol. The lowest BCUT2D eigenvalue weighted by Gasteiger charge is -2.28. The highest BCUT2D eigenvalue weighted by atomic mass is 32.1. The Morgan fingerprint density at radius 3 is 2.82 bits per heavy atom. The van der Waals surface area contributed by atoms with Crippen LogP contribution in [0.2, 0.25) is 0 Å². The molecule has 118 valence electrons. The van der Waals surface area contributed by atoms with Crippen LogP contribution < -0.4 is 0 Å². The molecule has 1 aliphatic carbocycles. The highest BCUT2D eigenvalue weighted by molar-refractivity contribution is 7.12. The van der Waals surface area contributed by atoms with Gasteiger partial charge < -0.3 is 0 Å². The third-order valence-electron chi connectivity index (χ3n) is 4.64. The van der Waals surface area contributed by atoms with Gasteiger partial charge in [0.05, 0.1) is 5.69 Å². The van der Waals surface area contributed by atoms with Crippen LogP contribution in [-0.4, -0.2) is 26.3 Å². The molecule has 1 fully saturated rings. The zero-order valence-corrected chi connectivity index (χ0v) is 13.8. The van der Waals surface area contributed by atoms with Crippen molar-refractivity contribution in [3.63, 3.8) is 0 Å². The molecule has 2 aromatic heterocycles. The molecule has 1 aliphatic rings. The number of unbranched alkanes of at least 4 members (excludes halogenated alkanes) is 1. The summed E-state index contributed by atoms with van der Waals surface area (Å²) in [5.41, 5.74) is 1.44. The smallest absolute Gasteiger partial charge is 0.211 e. The Kier molecular flexibility index (Phi) is 4.97. The van der Waals surface area contributed by atoms with Crippen molar-refractivity contribution in [1.29, 1.82) is 0 Å². The fourth-order valence-electron chi connectivity index (χ4n) is 3.45. The lowest BCUT2D eigenvalue weighted by molar-refractivity contribution is 0.111. The van der Waals surface area contributed by atoms with Crippen molar-refractivity contribution < 1.29 is 4.79 Å². The standard InChI is InChI=1S/C16H22N4OS/c1-2-3-4-12-5-7-13(8-6-12)15-14(11-21)18-19-20(15)16-17-9-10-22-16/h9-13H,2-8H2,1H3. The second-order valence-corrected chi connectivity index (χ2v) is 6.94. The van der Waals surface area contributed by atoms with Crippen LogP contribution in [0.4, 0.5) is 0 Å². The van der Waals surface area contributed by atoms with Crippen LogP contribution in [0.15, 0.2) is 11.6 Å². The number of hydrogen-bond donors (Lipinski definition) is 0. The average molecular weight is 318 g/mol. The zero-order chi connectivity index (χ0) is 15.4. The summed E-state index contributed by atoms with van der Waals surface area (Å²) in [5, 5.41) is 10.9. The van der Waals surface area contributed by atoms with Crippen LogP contribution in [0.1, 0.15) is 74.0 Å². The Morgan fingerprint density at radius 2 is 2.18 bits per heavy atom. The van der Waals surface area contributed by atoms with Gasteiger partial charge in [0.25, 0.3) is 0 Å².